The summed E-state index contributed by atoms with van der Waals surface area (Å²) in [5.41, 5.74) is -24.2. The fourth-order valence-corrected chi connectivity index (χ4v) is 3.29. The van der Waals surface area contributed by atoms with E-state index in [1.165, 1.54) is 0 Å². The molecule has 0 atom stereocenters. The van der Waals surface area contributed by atoms with Gasteiger partial charge in [-0.3, -0.25) is 0 Å². The Morgan fingerprint density at radius 1 is 0.477 bits per heavy atom. The molecule has 0 aliphatic carbocycles. The second-order valence-corrected chi connectivity index (χ2v) is 8.05. The molecular weight excluding hydrogens is 677 g/mol. The Labute approximate surface area is 229 Å². The third-order valence-electron chi connectivity index (χ3n) is 5.30. The SMILES string of the molecule is C=CC(=O)OC(c1cc(C(F)(F)C(F)(F)C(F)(F)F)cc(C(OC(=O)C=C)(C(F)(F)F)C(F)(F)F)c1)(C(F)(F)F)C(F)(F)F. The van der Waals surface area contributed by atoms with E-state index < -0.39 is 113 Å². The van der Waals surface area contributed by atoms with Gasteiger partial charge >= 0.3 is 65.9 Å². The molecule has 0 saturated heterocycles. The van der Waals surface area contributed by atoms with Crippen LogP contribution in [0.3, 0.4) is 0 Å². The number of carbonyl (C=O) groups excluding carboxylic acids is 2. The van der Waals surface area contributed by atoms with Crippen molar-refractivity contribution in [2.24, 2.45) is 0 Å². The maximum atomic E-state index is 14.6. The molecule has 1 aromatic rings. The minimum absolute atomic E-state index is 0.537. The first-order valence-electron chi connectivity index (χ1n) is 10.2. The molecule has 250 valence electrons. The Morgan fingerprint density at radius 2 is 0.727 bits per heavy atom. The van der Waals surface area contributed by atoms with E-state index in [1.54, 1.807) is 0 Å². The van der Waals surface area contributed by atoms with E-state index in [-0.39, 0.29) is 0 Å². The molecule has 0 unspecified atom stereocenters. The monoisotopic (exact) mass is 686 g/mol. The molecule has 0 amide bonds. The maximum Gasteiger partial charge on any atom is 0.460 e. The quantitative estimate of drug-likeness (QED) is 0.158. The highest BCUT2D eigenvalue weighted by atomic mass is 19.4. The number of hydrogen-bond acceptors (Lipinski definition) is 4. The third-order valence-corrected chi connectivity index (χ3v) is 5.30. The van der Waals surface area contributed by atoms with E-state index in [0.29, 0.717) is 0 Å². The summed E-state index contributed by atoms with van der Waals surface area (Å²) in [6, 6.07) is -4.96. The van der Waals surface area contributed by atoms with Crippen LogP contribution in [0.2, 0.25) is 0 Å². The van der Waals surface area contributed by atoms with E-state index in [9.17, 15) is 93.0 Å². The summed E-state index contributed by atoms with van der Waals surface area (Å²) >= 11 is 0. The van der Waals surface area contributed by atoms with Crippen molar-refractivity contribution in [3.63, 3.8) is 0 Å². The van der Waals surface area contributed by atoms with Crippen molar-refractivity contribution >= 4 is 11.9 Å². The van der Waals surface area contributed by atoms with Crippen LogP contribution < -0.4 is 0 Å². The predicted molar refractivity (Wildman–Crippen MR) is 101 cm³/mol. The largest absolute Gasteiger partial charge is 0.460 e. The van der Waals surface area contributed by atoms with Crippen LogP contribution in [-0.4, -0.2) is 48.7 Å². The number of rotatable bonds is 8. The lowest BCUT2D eigenvalue weighted by Crippen LogP contribution is -2.59. The molecule has 0 aliphatic rings. The van der Waals surface area contributed by atoms with Crippen LogP contribution in [0.25, 0.3) is 0 Å². The molecule has 0 spiro atoms. The summed E-state index contributed by atoms with van der Waals surface area (Å²) in [7, 11) is 0. The summed E-state index contributed by atoms with van der Waals surface area (Å²) in [6.45, 7) is 4.73. The first-order chi connectivity index (χ1) is 19.2. The summed E-state index contributed by atoms with van der Waals surface area (Å²) < 4.78 is 269. The summed E-state index contributed by atoms with van der Waals surface area (Å²) in [5.74, 6) is -20.7. The summed E-state index contributed by atoms with van der Waals surface area (Å²) in [6.07, 6.45) is -38.1. The number of benzene rings is 1. The van der Waals surface area contributed by atoms with Gasteiger partial charge in [0.2, 0.25) is 0 Å². The van der Waals surface area contributed by atoms with Crippen molar-refractivity contribution in [2.45, 2.75) is 53.9 Å². The Morgan fingerprint density at radius 3 is 0.932 bits per heavy atom. The number of carbonyl (C=O) groups is 2. The lowest BCUT2D eigenvalue weighted by molar-refractivity contribution is -0.379. The minimum atomic E-state index is -7.64. The fourth-order valence-electron chi connectivity index (χ4n) is 3.29. The van der Waals surface area contributed by atoms with Gasteiger partial charge in [0.05, 0.1) is 0 Å². The number of hydrogen-bond donors (Lipinski definition) is 0. The van der Waals surface area contributed by atoms with Gasteiger partial charge in [-0.1, -0.05) is 13.2 Å². The average molecular weight is 686 g/mol. The Hall–Kier alpha value is -3.69. The summed E-state index contributed by atoms with van der Waals surface area (Å²) in [5, 5.41) is 0. The van der Waals surface area contributed by atoms with Crippen LogP contribution in [-0.2, 0) is 36.2 Å². The first-order valence-corrected chi connectivity index (χ1v) is 10.2. The van der Waals surface area contributed by atoms with Gasteiger partial charge in [-0.2, -0.15) is 83.4 Å². The second kappa shape index (κ2) is 11.0. The van der Waals surface area contributed by atoms with E-state index in [2.05, 4.69) is 22.6 Å². The van der Waals surface area contributed by atoms with Gasteiger partial charge in [-0.25, -0.2) is 9.59 Å². The number of esters is 2. The van der Waals surface area contributed by atoms with Gasteiger partial charge in [0.15, 0.2) is 0 Å². The van der Waals surface area contributed by atoms with Crippen LogP contribution >= 0.6 is 0 Å². The zero-order chi connectivity index (χ0) is 35.3. The van der Waals surface area contributed by atoms with Crippen molar-refractivity contribution in [3.05, 3.63) is 60.2 Å². The zero-order valence-corrected chi connectivity index (χ0v) is 20.1. The van der Waals surface area contributed by atoms with Gasteiger partial charge < -0.3 is 9.47 Å². The molecule has 0 N–H and O–H groups in total. The van der Waals surface area contributed by atoms with E-state index in [4.69, 9.17) is 0 Å². The molecule has 0 radical (unpaired) electrons. The van der Waals surface area contributed by atoms with Crippen LogP contribution in [0.1, 0.15) is 16.7 Å². The van der Waals surface area contributed by atoms with Crippen molar-refractivity contribution in [3.8, 4) is 0 Å². The van der Waals surface area contributed by atoms with Crippen molar-refractivity contribution in [1.82, 2.24) is 0 Å². The zero-order valence-electron chi connectivity index (χ0n) is 20.1. The number of halogens is 19. The summed E-state index contributed by atoms with van der Waals surface area (Å²) in [4.78, 5) is 22.9. The highest BCUT2D eigenvalue weighted by Gasteiger charge is 2.79. The molecule has 0 aliphatic heterocycles. The Kier molecular flexibility index (Phi) is 9.61. The first kappa shape index (κ1) is 38.3. The fraction of sp³-hybridized carbons (Fsp3) is 0.429. The molecule has 1 aromatic carbocycles. The smallest absolute Gasteiger partial charge is 0.431 e. The van der Waals surface area contributed by atoms with E-state index in [0.717, 1.165) is 0 Å². The normalized spacial score (nSPS) is 14.6. The lowest BCUT2D eigenvalue weighted by atomic mass is 9.82. The van der Waals surface area contributed by atoms with Crippen LogP contribution in [0.4, 0.5) is 83.4 Å². The molecule has 0 heterocycles. The molecule has 23 heteroatoms. The third kappa shape index (κ3) is 6.00. The molecule has 0 saturated carbocycles. The highest BCUT2D eigenvalue weighted by molar-refractivity contribution is 5.82. The molecule has 0 bridgehead atoms. The number of alkyl halides is 19. The standard InChI is InChI=1S/C21H9F19O4/c1-3-11(41)43-13(17(26,27)28,18(29,30)31)8-5-9(7-10(6-8)15(22,23)16(24,25)21(38,39)40)14(19(32,33)34,20(35,36)37)44-12(42)4-2/h3-7H,1-2H2. The van der Waals surface area contributed by atoms with Crippen molar-refractivity contribution < 1.29 is 102 Å². The van der Waals surface area contributed by atoms with E-state index >= 15 is 0 Å². The molecular formula is C21H9F19O4. The topological polar surface area (TPSA) is 52.6 Å². The van der Waals surface area contributed by atoms with Gasteiger partial charge in [-0.15, -0.1) is 0 Å². The highest BCUT2D eigenvalue weighted by Crippen LogP contribution is 2.59. The average Bonchev–Trinajstić information content (AvgIpc) is 2.80. The van der Waals surface area contributed by atoms with Crippen LogP contribution in [0.5, 0.6) is 0 Å². The van der Waals surface area contributed by atoms with Crippen molar-refractivity contribution in [1.29, 1.82) is 0 Å². The van der Waals surface area contributed by atoms with E-state index in [1.807, 2.05) is 0 Å². The molecule has 4 nitrogen and oxygen atoms in total. The second-order valence-electron chi connectivity index (χ2n) is 8.05. The molecule has 1 rings (SSSR count). The van der Waals surface area contributed by atoms with Crippen molar-refractivity contribution in [2.75, 3.05) is 0 Å². The Bertz CT molecular complexity index is 1170. The minimum Gasteiger partial charge on any atom is -0.431 e. The Balaban J connectivity index is 4.85. The van der Waals surface area contributed by atoms with Gasteiger partial charge in [-0.05, 0) is 18.2 Å². The van der Waals surface area contributed by atoms with Gasteiger partial charge in [0.25, 0.3) is 0 Å². The lowest BCUT2D eigenvalue weighted by Gasteiger charge is -2.40. The molecule has 0 fully saturated rings. The maximum absolute atomic E-state index is 14.6. The van der Waals surface area contributed by atoms with Crippen LogP contribution in [0, 0.1) is 0 Å². The van der Waals surface area contributed by atoms with Gasteiger partial charge in [0.1, 0.15) is 0 Å². The van der Waals surface area contributed by atoms with Crippen LogP contribution in [0.15, 0.2) is 43.5 Å². The molecule has 44 heavy (non-hydrogen) atoms. The number of ether oxygens (including phenoxy) is 2. The molecule has 0 aromatic heterocycles. The predicted octanol–water partition coefficient (Wildman–Crippen LogP) is 8.07. The van der Waals surface area contributed by atoms with Gasteiger partial charge in [0, 0.05) is 28.8 Å².